The van der Waals surface area contributed by atoms with Crippen LogP contribution in [0.4, 0.5) is 4.39 Å². The summed E-state index contributed by atoms with van der Waals surface area (Å²) in [4.78, 5) is 0. The van der Waals surface area contributed by atoms with Crippen LogP contribution in [0.25, 0.3) is 0 Å². The van der Waals surface area contributed by atoms with E-state index in [1.807, 2.05) is 0 Å². The van der Waals surface area contributed by atoms with Gasteiger partial charge >= 0.3 is 0 Å². The van der Waals surface area contributed by atoms with Gasteiger partial charge in [0.1, 0.15) is 17.3 Å². The number of aliphatic hydroxyl groups is 1. The molecule has 0 radical (unpaired) electrons. The summed E-state index contributed by atoms with van der Waals surface area (Å²) in [5.74, 6) is 0.311. The summed E-state index contributed by atoms with van der Waals surface area (Å²) in [6.45, 7) is 1.49. The Labute approximate surface area is 116 Å². The molecular weight excluding hydrogens is 257 g/mol. The van der Waals surface area contributed by atoms with E-state index in [0.717, 1.165) is 5.56 Å². The topological polar surface area (TPSA) is 53.2 Å². The van der Waals surface area contributed by atoms with Crippen LogP contribution in [0.5, 0.6) is 11.5 Å². The Morgan fingerprint density at radius 3 is 2.55 bits per heavy atom. The van der Waals surface area contributed by atoms with Crippen molar-refractivity contribution in [3.63, 3.8) is 0 Å². The number of nitrogens with zero attached hydrogens (tertiary/aromatic N) is 1. The van der Waals surface area contributed by atoms with Crippen LogP contribution in [0, 0.1) is 17.1 Å². The Morgan fingerprint density at radius 2 is 1.95 bits per heavy atom. The summed E-state index contributed by atoms with van der Waals surface area (Å²) in [5, 5.41) is 18.2. The Balaban J connectivity index is 2.26. The standard InChI is InChI=1S/C16H14FNO2/c1-11(19)16-14(17)3-2-4-15(16)20-13-7-5-12(6-8-13)9-10-18/h2-8,11,19H,9H2,1H3. The number of rotatable bonds is 4. The molecule has 20 heavy (non-hydrogen) atoms. The second-order valence-electron chi connectivity index (χ2n) is 4.41. The summed E-state index contributed by atoms with van der Waals surface area (Å²) in [6, 6.07) is 13.5. The molecule has 102 valence electrons. The molecule has 0 aliphatic carbocycles. The van der Waals surface area contributed by atoms with Crippen molar-refractivity contribution in [1.29, 1.82) is 5.26 Å². The lowest BCUT2D eigenvalue weighted by Crippen LogP contribution is -1.99. The van der Waals surface area contributed by atoms with Gasteiger partial charge in [0.25, 0.3) is 0 Å². The molecule has 0 spiro atoms. The van der Waals surface area contributed by atoms with E-state index in [0.29, 0.717) is 12.2 Å². The third-order valence-corrected chi connectivity index (χ3v) is 2.87. The van der Waals surface area contributed by atoms with Gasteiger partial charge in [-0.15, -0.1) is 0 Å². The van der Waals surface area contributed by atoms with Gasteiger partial charge in [-0.3, -0.25) is 0 Å². The predicted molar refractivity (Wildman–Crippen MR) is 72.9 cm³/mol. The van der Waals surface area contributed by atoms with Gasteiger partial charge in [-0.1, -0.05) is 18.2 Å². The molecule has 0 heterocycles. The Hall–Kier alpha value is -2.38. The Bertz CT molecular complexity index is 630. The van der Waals surface area contributed by atoms with Crippen molar-refractivity contribution < 1.29 is 14.2 Å². The second-order valence-corrected chi connectivity index (χ2v) is 4.41. The molecule has 0 fully saturated rings. The first-order chi connectivity index (χ1) is 9.61. The smallest absolute Gasteiger partial charge is 0.136 e. The molecule has 0 aliphatic rings. The van der Waals surface area contributed by atoms with Crippen LogP contribution < -0.4 is 4.74 Å². The number of aliphatic hydroxyl groups excluding tert-OH is 1. The molecule has 0 bridgehead atoms. The first-order valence-electron chi connectivity index (χ1n) is 6.22. The lowest BCUT2D eigenvalue weighted by molar-refractivity contribution is 0.190. The van der Waals surface area contributed by atoms with Gasteiger partial charge in [0.15, 0.2) is 0 Å². The summed E-state index contributed by atoms with van der Waals surface area (Å²) >= 11 is 0. The molecule has 2 rings (SSSR count). The van der Waals surface area contributed by atoms with Crippen molar-refractivity contribution in [2.45, 2.75) is 19.4 Å². The van der Waals surface area contributed by atoms with Crippen LogP contribution in [0.1, 0.15) is 24.2 Å². The van der Waals surface area contributed by atoms with Crippen molar-refractivity contribution in [1.82, 2.24) is 0 Å². The SMILES string of the molecule is CC(O)c1c(F)cccc1Oc1ccc(CC#N)cc1. The monoisotopic (exact) mass is 271 g/mol. The van der Waals surface area contributed by atoms with Crippen LogP contribution in [-0.2, 0) is 6.42 Å². The molecule has 4 heteroatoms. The van der Waals surface area contributed by atoms with Crippen molar-refractivity contribution in [3.8, 4) is 17.6 Å². The molecular formula is C16H14FNO2. The predicted octanol–water partition coefficient (Wildman–Crippen LogP) is 3.74. The zero-order chi connectivity index (χ0) is 14.5. The molecule has 1 N–H and O–H groups in total. The highest BCUT2D eigenvalue weighted by molar-refractivity contribution is 5.40. The van der Waals surface area contributed by atoms with E-state index in [4.69, 9.17) is 10.00 Å². The fourth-order valence-corrected chi connectivity index (χ4v) is 1.91. The maximum Gasteiger partial charge on any atom is 0.136 e. The zero-order valence-electron chi connectivity index (χ0n) is 11.0. The number of nitriles is 1. The fraction of sp³-hybridized carbons (Fsp3) is 0.188. The molecule has 2 aromatic carbocycles. The Kier molecular flexibility index (Phi) is 4.34. The fourth-order valence-electron chi connectivity index (χ4n) is 1.91. The maximum atomic E-state index is 13.7. The minimum Gasteiger partial charge on any atom is -0.457 e. The van der Waals surface area contributed by atoms with Gasteiger partial charge in [-0.2, -0.15) is 5.26 Å². The Morgan fingerprint density at radius 1 is 1.25 bits per heavy atom. The second kappa shape index (κ2) is 6.18. The van der Waals surface area contributed by atoms with E-state index in [1.165, 1.54) is 19.1 Å². The molecule has 0 aromatic heterocycles. The zero-order valence-corrected chi connectivity index (χ0v) is 11.0. The lowest BCUT2D eigenvalue weighted by atomic mass is 10.1. The minimum atomic E-state index is -0.955. The van der Waals surface area contributed by atoms with E-state index in [2.05, 4.69) is 6.07 Å². The molecule has 3 nitrogen and oxygen atoms in total. The first-order valence-corrected chi connectivity index (χ1v) is 6.22. The number of hydrogen-bond acceptors (Lipinski definition) is 3. The van der Waals surface area contributed by atoms with Gasteiger partial charge < -0.3 is 9.84 Å². The number of hydrogen-bond donors (Lipinski definition) is 1. The average Bonchev–Trinajstić information content (AvgIpc) is 2.41. The van der Waals surface area contributed by atoms with E-state index < -0.39 is 11.9 Å². The highest BCUT2D eigenvalue weighted by atomic mass is 19.1. The van der Waals surface area contributed by atoms with Gasteiger partial charge in [0.2, 0.25) is 0 Å². The maximum absolute atomic E-state index is 13.7. The van der Waals surface area contributed by atoms with E-state index >= 15 is 0 Å². The van der Waals surface area contributed by atoms with Gasteiger partial charge in [-0.25, -0.2) is 4.39 Å². The van der Waals surface area contributed by atoms with Gasteiger partial charge in [0, 0.05) is 0 Å². The molecule has 0 amide bonds. The molecule has 2 aromatic rings. The lowest BCUT2D eigenvalue weighted by Gasteiger charge is -2.14. The van der Waals surface area contributed by atoms with Crippen molar-refractivity contribution in [3.05, 3.63) is 59.4 Å². The molecule has 0 saturated heterocycles. The summed E-state index contributed by atoms with van der Waals surface area (Å²) in [6.07, 6.45) is -0.622. The van der Waals surface area contributed by atoms with Crippen LogP contribution >= 0.6 is 0 Å². The van der Waals surface area contributed by atoms with Crippen LogP contribution in [0.15, 0.2) is 42.5 Å². The molecule has 0 aliphatic heterocycles. The summed E-state index contributed by atoms with van der Waals surface area (Å²) < 4.78 is 19.3. The highest BCUT2D eigenvalue weighted by Gasteiger charge is 2.15. The number of halogens is 1. The van der Waals surface area contributed by atoms with Crippen molar-refractivity contribution >= 4 is 0 Å². The third-order valence-electron chi connectivity index (χ3n) is 2.87. The quantitative estimate of drug-likeness (QED) is 0.921. The van der Waals surface area contributed by atoms with Crippen molar-refractivity contribution in [2.75, 3.05) is 0 Å². The molecule has 0 saturated carbocycles. The number of ether oxygens (including phenoxy) is 1. The van der Waals surface area contributed by atoms with Crippen molar-refractivity contribution in [2.24, 2.45) is 0 Å². The van der Waals surface area contributed by atoms with Gasteiger partial charge in [0.05, 0.1) is 24.2 Å². The van der Waals surface area contributed by atoms with E-state index in [1.54, 1.807) is 30.3 Å². The summed E-state index contributed by atoms with van der Waals surface area (Å²) in [7, 11) is 0. The van der Waals surface area contributed by atoms with E-state index in [9.17, 15) is 9.50 Å². The molecule has 1 unspecified atom stereocenters. The largest absolute Gasteiger partial charge is 0.457 e. The van der Waals surface area contributed by atoms with E-state index in [-0.39, 0.29) is 11.3 Å². The minimum absolute atomic E-state index is 0.133. The average molecular weight is 271 g/mol. The van der Waals surface area contributed by atoms with Crippen LogP contribution in [-0.4, -0.2) is 5.11 Å². The normalized spacial score (nSPS) is 11.7. The van der Waals surface area contributed by atoms with Crippen LogP contribution in [0.2, 0.25) is 0 Å². The highest BCUT2D eigenvalue weighted by Crippen LogP contribution is 2.31. The van der Waals surface area contributed by atoms with Gasteiger partial charge in [-0.05, 0) is 36.8 Å². The first kappa shape index (κ1) is 14.0. The number of benzene rings is 2. The molecule has 1 atom stereocenters. The summed E-state index contributed by atoms with van der Waals surface area (Å²) in [5.41, 5.74) is 1.02. The third kappa shape index (κ3) is 3.14. The van der Waals surface area contributed by atoms with Crippen LogP contribution in [0.3, 0.4) is 0 Å².